The third-order valence-electron chi connectivity index (χ3n) is 6.76. The minimum absolute atomic E-state index is 0.400. The number of benzene rings is 2. The van der Waals surface area contributed by atoms with Crippen molar-refractivity contribution in [3.63, 3.8) is 0 Å². The van der Waals surface area contributed by atoms with Crippen LogP contribution in [0.2, 0.25) is 0 Å². The molecule has 0 spiro atoms. The van der Waals surface area contributed by atoms with E-state index in [0.717, 1.165) is 60.6 Å². The standard InChI is InChI=1S/C27H33N7/c1-19-20(18-29-34(19)23-9-5-4-6-10-23)17-28-21-13-15-22(16-14-21)30-27-31-25-12-8-7-11-24(25)26(32-27)33(2)3/h4-12,18,21-22,28H,13-17H2,1-3H3,(H,30,31,32). The number of hydrogen-bond donors (Lipinski definition) is 2. The zero-order valence-electron chi connectivity index (χ0n) is 20.2. The van der Waals surface area contributed by atoms with Crippen LogP contribution in [0.15, 0.2) is 60.8 Å². The van der Waals surface area contributed by atoms with Crippen LogP contribution in [-0.2, 0) is 6.54 Å². The summed E-state index contributed by atoms with van der Waals surface area (Å²) < 4.78 is 2.02. The summed E-state index contributed by atoms with van der Waals surface area (Å²) in [6.07, 6.45) is 6.47. The summed E-state index contributed by atoms with van der Waals surface area (Å²) in [7, 11) is 4.06. The molecule has 0 unspecified atom stereocenters. The average Bonchev–Trinajstić information content (AvgIpc) is 3.23. The molecule has 2 N–H and O–H groups in total. The van der Waals surface area contributed by atoms with E-state index in [9.17, 15) is 0 Å². The summed E-state index contributed by atoms with van der Waals surface area (Å²) in [5.41, 5.74) is 4.53. The lowest BCUT2D eigenvalue weighted by Crippen LogP contribution is -2.37. The number of fused-ring (bicyclic) bond motifs is 1. The highest BCUT2D eigenvalue weighted by molar-refractivity contribution is 5.90. The van der Waals surface area contributed by atoms with E-state index >= 15 is 0 Å². The van der Waals surface area contributed by atoms with Gasteiger partial charge in [-0.2, -0.15) is 10.1 Å². The second kappa shape index (κ2) is 9.81. The Hall–Kier alpha value is -3.45. The Labute approximate surface area is 201 Å². The molecule has 5 rings (SSSR count). The van der Waals surface area contributed by atoms with Gasteiger partial charge in [0.25, 0.3) is 0 Å². The fraction of sp³-hybridized carbons (Fsp3) is 0.370. The molecule has 4 aromatic rings. The zero-order chi connectivity index (χ0) is 23.5. The highest BCUT2D eigenvalue weighted by atomic mass is 15.3. The van der Waals surface area contributed by atoms with Gasteiger partial charge in [-0.15, -0.1) is 0 Å². The fourth-order valence-corrected chi connectivity index (χ4v) is 4.79. The van der Waals surface area contributed by atoms with Crippen LogP contribution < -0.4 is 15.5 Å². The van der Waals surface area contributed by atoms with Crippen LogP contribution in [-0.4, -0.2) is 45.9 Å². The van der Waals surface area contributed by atoms with Crippen LogP contribution in [0.3, 0.4) is 0 Å². The summed E-state index contributed by atoms with van der Waals surface area (Å²) in [6, 6.07) is 19.4. The van der Waals surface area contributed by atoms with Crippen LogP contribution >= 0.6 is 0 Å². The molecule has 34 heavy (non-hydrogen) atoms. The van der Waals surface area contributed by atoms with Crippen LogP contribution in [0, 0.1) is 6.92 Å². The van der Waals surface area contributed by atoms with E-state index in [-0.39, 0.29) is 0 Å². The number of para-hydroxylation sites is 2. The SMILES string of the molecule is Cc1c(CNC2CCC(Nc3nc(N(C)C)c4ccccc4n3)CC2)cnn1-c1ccccc1. The summed E-state index contributed by atoms with van der Waals surface area (Å²) in [5.74, 6) is 1.68. The molecule has 0 radical (unpaired) electrons. The van der Waals surface area contributed by atoms with Crippen molar-refractivity contribution in [3.8, 4) is 5.69 Å². The Kier molecular flexibility index (Phi) is 6.45. The first-order chi connectivity index (χ1) is 16.6. The van der Waals surface area contributed by atoms with Crippen LogP contribution in [0.25, 0.3) is 16.6 Å². The van der Waals surface area contributed by atoms with Crippen molar-refractivity contribution in [2.24, 2.45) is 0 Å². The lowest BCUT2D eigenvalue weighted by molar-refractivity contribution is 0.352. The van der Waals surface area contributed by atoms with Crippen molar-refractivity contribution < 1.29 is 0 Å². The Morgan fingerprint density at radius 2 is 1.62 bits per heavy atom. The molecule has 0 aliphatic heterocycles. The van der Waals surface area contributed by atoms with Gasteiger partial charge < -0.3 is 15.5 Å². The van der Waals surface area contributed by atoms with Crippen LogP contribution in [0.5, 0.6) is 0 Å². The Bertz CT molecular complexity index is 1240. The van der Waals surface area contributed by atoms with Gasteiger partial charge in [0.1, 0.15) is 5.82 Å². The number of nitrogens with zero attached hydrogens (tertiary/aromatic N) is 5. The van der Waals surface area contributed by atoms with Gasteiger partial charge in [0.15, 0.2) is 0 Å². The van der Waals surface area contributed by atoms with Crippen LogP contribution in [0.4, 0.5) is 11.8 Å². The normalized spacial score (nSPS) is 18.2. The van der Waals surface area contributed by atoms with Crippen molar-refractivity contribution in [2.45, 2.75) is 51.2 Å². The van der Waals surface area contributed by atoms with Crippen molar-refractivity contribution in [3.05, 3.63) is 72.1 Å². The number of anilines is 2. The molecular weight excluding hydrogens is 422 g/mol. The molecule has 0 amide bonds. The third kappa shape index (κ3) is 4.75. The molecule has 2 aromatic carbocycles. The molecule has 0 atom stereocenters. The lowest BCUT2D eigenvalue weighted by atomic mass is 9.91. The molecule has 0 saturated heterocycles. The summed E-state index contributed by atoms with van der Waals surface area (Å²) in [4.78, 5) is 11.6. The lowest BCUT2D eigenvalue weighted by Gasteiger charge is -2.30. The number of aromatic nitrogens is 4. The Morgan fingerprint density at radius 1 is 0.912 bits per heavy atom. The summed E-state index contributed by atoms with van der Waals surface area (Å²) in [5, 5.41) is 13.0. The molecule has 7 nitrogen and oxygen atoms in total. The van der Waals surface area contributed by atoms with Gasteiger partial charge in [-0.05, 0) is 56.9 Å². The van der Waals surface area contributed by atoms with E-state index in [0.29, 0.717) is 12.1 Å². The molecule has 176 valence electrons. The van der Waals surface area contributed by atoms with Crippen molar-refractivity contribution in [1.29, 1.82) is 0 Å². The van der Waals surface area contributed by atoms with E-state index in [1.165, 1.54) is 11.3 Å². The van der Waals surface area contributed by atoms with E-state index in [1.54, 1.807) is 0 Å². The van der Waals surface area contributed by atoms with Gasteiger partial charge in [0, 0.05) is 49.4 Å². The van der Waals surface area contributed by atoms with Gasteiger partial charge in [0.05, 0.1) is 17.4 Å². The van der Waals surface area contributed by atoms with E-state index in [4.69, 9.17) is 9.97 Å². The van der Waals surface area contributed by atoms with E-state index < -0.39 is 0 Å². The van der Waals surface area contributed by atoms with Gasteiger partial charge in [-0.3, -0.25) is 0 Å². The highest BCUT2D eigenvalue weighted by Gasteiger charge is 2.22. The molecular formula is C27H33N7. The first-order valence-corrected chi connectivity index (χ1v) is 12.1. The van der Waals surface area contributed by atoms with Crippen molar-refractivity contribution >= 4 is 22.7 Å². The highest BCUT2D eigenvalue weighted by Crippen LogP contribution is 2.26. The monoisotopic (exact) mass is 455 g/mol. The second-order valence-corrected chi connectivity index (χ2v) is 9.36. The molecule has 2 heterocycles. The molecule has 7 heteroatoms. The van der Waals surface area contributed by atoms with Gasteiger partial charge in [-0.1, -0.05) is 30.3 Å². The van der Waals surface area contributed by atoms with Crippen LogP contribution in [0.1, 0.15) is 36.9 Å². The largest absolute Gasteiger partial charge is 0.362 e. The van der Waals surface area contributed by atoms with Gasteiger partial charge in [0.2, 0.25) is 5.95 Å². The molecule has 0 bridgehead atoms. The minimum atomic E-state index is 0.400. The first kappa shape index (κ1) is 22.3. The minimum Gasteiger partial charge on any atom is -0.362 e. The number of rotatable bonds is 7. The molecule has 2 aromatic heterocycles. The van der Waals surface area contributed by atoms with Gasteiger partial charge in [-0.25, -0.2) is 9.67 Å². The smallest absolute Gasteiger partial charge is 0.225 e. The van der Waals surface area contributed by atoms with Crippen molar-refractivity contribution in [1.82, 2.24) is 25.1 Å². The predicted molar refractivity (Wildman–Crippen MR) is 139 cm³/mol. The number of nitrogens with one attached hydrogen (secondary N) is 2. The fourth-order valence-electron chi connectivity index (χ4n) is 4.79. The third-order valence-corrected chi connectivity index (χ3v) is 6.76. The Balaban J connectivity index is 1.17. The maximum atomic E-state index is 4.81. The molecule has 1 aliphatic rings. The maximum Gasteiger partial charge on any atom is 0.225 e. The molecule has 1 aliphatic carbocycles. The van der Waals surface area contributed by atoms with E-state index in [2.05, 4.69) is 51.8 Å². The maximum absolute atomic E-state index is 4.81. The molecule has 1 saturated carbocycles. The predicted octanol–water partition coefficient (Wildman–Crippen LogP) is 4.70. The first-order valence-electron chi connectivity index (χ1n) is 12.1. The zero-order valence-corrected chi connectivity index (χ0v) is 20.2. The number of hydrogen-bond acceptors (Lipinski definition) is 6. The van der Waals surface area contributed by atoms with Gasteiger partial charge >= 0.3 is 0 Å². The summed E-state index contributed by atoms with van der Waals surface area (Å²) >= 11 is 0. The summed E-state index contributed by atoms with van der Waals surface area (Å²) in [6.45, 7) is 2.99. The molecule has 1 fully saturated rings. The average molecular weight is 456 g/mol. The van der Waals surface area contributed by atoms with Crippen molar-refractivity contribution in [2.75, 3.05) is 24.3 Å². The quantitative estimate of drug-likeness (QED) is 0.421. The Morgan fingerprint density at radius 3 is 2.38 bits per heavy atom. The topological polar surface area (TPSA) is 70.9 Å². The second-order valence-electron chi connectivity index (χ2n) is 9.36. The van der Waals surface area contributed by atoms with E-state index in [1.807, 2.05) is 55.3 Å².